The molecule has 0 amide bonds. The fourth-order valence-corrected chi connectivity index (χ4v) is 0.914. The van der Waals surface area contributed by atoms with Crippen molar-refractivity contribution in [3.63, 3.8) is 0 Å². The summed E-state index contributed by atoms with van der Waals surface area (Å²) in [7, 11) is 0. The molecule has 1 rings (SSSR count). The van der Waals surface area contributed by atoms with Crippen LogP contribution >= 0.6 is 0 Å². The van der Waals surface area contributed by atoms with Gasteiger partial charge in [-0.05, 0) is 46.0 Å². The van der Waals surface area contributed by atoms with E-state index in [9.17, 15) is 8.78 Å². The molecule has 0 heterocycles. The maximum atomic E-state index is 12.6. The average Bonchev–Trinajstić information content (AvgIpc) is 2.17. The van der Waals surface area contributed by atoms with Gasteiger partial charge in [-0.15, -0.1) is 0 Å². The second-order valence-electron chi connectivity index (χ2n) is 4.43. The molecule has 0 saturated heterocycles. The highest BCUT2D eigenvalue weighted by Gasteiger charge is 2.34. The molecule has 0 aromatic carbocycles. The maximum Gasteiger partial charge on any atom is 0.110 e. The van der Waals surface area contributed by atoms with Crippen LogP contribution < -0.4 is 0 Å². The maximum absolute atomic E-state index is 12.6. The average molecular weight is 222 g/mol. The highest BCUT2D eigenvalue weighted by atomic mass is 19.1. The van der Waals surface area contributed by atoms with Gasteiger partial charge in [0.05, 0.1) is 0 Å². The largest absolute Gasteiger partial charge is 0.245 e. The topological polar surface area (TPSA) is 0 Å². The van der Waals surface area contributed by atoms with Crippen LogP contribution in [0.1, 0.15) is 73.6 Å². The van der Waals surface area contributed by atoms with Crippen LogP contribution in [0, 0.1) is 0 Å². The summed E-state index contributed by atoms with van der Waals surface area (Å²) in [5, 5.41) is 0. The van der Waals surface area contributed by atoms with E-state index in [4.69, 9.17) is 0 Å². The first-order chi connectivity index (χ1) is 6.83. The van der Waals surface area contributed by atoms with Gasteiger partial charge >= 0.3 is 0 Å². The van der Waals surface area contributed by atoms with E-state index in [-0.39, 0.29) is 0 Å². The van der Waals surface area contributed by atoms with Crippen LogP contribution in [-0.4, -0.2) is 11.3 Å². The van der Waals surface area contributed by atoms with E-state index in [1.54, 1.807) is 13.8 Å². The summed E-state index contributed by atoms with van der Waals surface area (Å²) < 4.78 is 24.8. The number of hydrogen-bond donors (Lipinski definition) is 0. The van der Waals surface area contributed by atoms with Gasteiger partial charge in [-0.25, -0.2) is 8.78 Å². The van der Waals surface area contributed by atoms with E-state index < -0.39 is 11.3 Å². The fraction of sp³-hybridized carbons (Fsp3) is 1.00. The molecule has 0 nitrogen and oxygen atoms in total. The third-order valence-corrected chi connectivity index (χ3v) is 2.72. The van der Waals surface area contributed by atoms with E-state index in [1.807, 2.05) is 27.7 Å². The van der Waals surface area contributed by atoms with E-state index in [0.717, 1.165) is 19.3 Å². The number of halogens is 2. The Kier molecular flexibility index (Phi) is 9.28. The van der Waals surface area contributed by atoms with Gasteiger partial charge in [0.2, 0.25) is 0 Å². The lowest BCUT2D eigenvalue weighted by atomic mass is 9.80. The number of hydrogen-bond acceptors (Lipinski definition) is 0. The summed E-state index contributed by atoms with van der Waals surface area (Å²) in [5.41, 5.74) is -1.69. The standard InChI is InChI=1S/C6H11F.C5H11F.C2H6/c1-2-6(7)4-3-5-6;1-4-5(2,3)6;1-2/h2-5H2,1H3;4H2,1-3H3;1-2H3. The zero-order valence-corrected chi connectivity index (χ0v) is 11.3. The van der Waals surface area contributed by atoms with Gasteiger partial charge in [0.25, 0.3) is 0 Å². The van der Waals surface area contributed by atoms with Crippen molar-refractivity contribution in [2.24, 2.45) is 0 Å². The molecule has 0 spiro atoms. The molecule has 1 aliphatic carbocycles. The molecule has 1 fully saturated rings. The minimum absolute atomic E-state index is 0.604. The molecule has 1 saturated carbocycles. The SMILES string of the molecule is CC.CCC(C)(C)F.CCC1(F)CCC1. The predicted octanol–water partition coefficient (Wildman–Crippen LogP) is 5.46. The van der Waals surface area contributed by atoms with Crippen LogP contribution in [0.3, 0.4) is 0 Å². The zero-order chi connectivity index (χ0) is 12.5. The Morgan fingerprint density at radius 1 is 1.13 bits per heavy atom. The molecule has 0 bridgehead atoms. The molecule has 2 heteroatoms. The lowest BCUT2D eigenvalue weighted by molar-refractivity contribution is 0.0595. The Hall–Kier alpha value is -0.140. The van der Waals surface area contributed by atoms with Gasteiger partial charge in [-0.3, -0.25) is 0 Å². The molecule has 15 heavy (non-hydrogen) atoms. The monoisotopic (exact) mass is 222 g/mol. The van der Waals surface area contributed by atoms with Gasteiger partial charge in [-0.2, -0.15) is 0 Å². The molecule has 94 valence electrons. The first kappa shape index (κ1) is 17.3. The van der Waals surface area contributed by atoms with E-state index in [0.29, 0.717) is 12.8 Å². The van der Waals surface area contributed by atoms with Gasteiger partial charge < -0.3 is 0 Å². The molecule has 0 N–H and O–H groups in total. The molecule has 0 unspecified atom stereocenters. The van der Waals surface area contributed by atoms with E-state index >= 15 is 0 Å². The van der Waals surface area contributed by atoms with Gasteiger partial charge in [0.15, 0.2) is 0 Å². The van der Waals surface area contributed by atoms with Crippen LogP contribution in [0.15, 0.2) is 0 Å². The fourth-order valence-electron chi connectivity index (χ4n) is 0.914. The molecular weight excluding hydrogens is 194 g/mol. The summed E-state index contributed by atoms with van der Waals surface area (Å²) in [6, 6.07) is 0. The van der Waals surface area contributed by atoms with Crippen LogP contribution in [0.2, 0.25) is 0 Å². The smallest absolute Gasteiger partial charge is 0.110 e. The van der Waals surface area contributed by atoms with Gasteiger partial charge in [-0.1, -0.05) is 27.7 Å². The van der Waals surface area contributed by atoms with Crippen LogP contribution in [0.4, 0.5) is 8.78 Å². The first-order valence-electron chi connectivity index (χ1n) is 6.21. The zero-order valence-electron chi connectivity index (χ0n) is 11.3. The van der Waals surface area contributed by atoms with Crippen molar-refractivity contribution in [2.45, 2.75) is 85.0 Å². The summed E-state index contributed by atoms with van der Waals surface area (Å²) in [6.45, 7) is 10.9. The second kappa shape index (κ2) is 8.06. The minimum atomic E-state index is -0.958. The van der Waals surface area contributed by atoms with Crippen molar-refractivity contribution in [1.29, 1.82) is 0 Å². The summed E-state index contributed by atoms with van der Waals surface area (Å²) in [5.74, 6) is 0. The Bertz CT molecular complexity index is 126. The van der Waals surface area contributed by atoms with Crippen LogP contribution in [-0.2, 0) is 0 Å². The third-order valence-electron chi connectivity index (χ3n) is 2.72. The molecule has 0 radical (unpaired) electrons. The Balaban J connectivity index is 0. The molecule has 0 atom stereocenters. The van der Waals surface area contributed by atoms with Crippen molar-refractivity contribution in [2.75, 3.05) is 0 Å². The van der Waals surface area contributed by atoms with Crippen LogP contribution in [0.5, 0.6) is 0 Å². The third kappa shape index (κ3) is 10.1. The first-order valence-corrected chi connectivity index (χ1v) is 6.21. The Morgan fingerprint density at radius 2 is 1.47 bits per heavy atom. The molecule has 0 aliphatic heterocycles. The van der Waals surface area contributed by atoms with Crippen molar-refractivity contribution in [3.8, 4) is 0 Å². The van der Waals surface area contributed by atoms with Gasteiger partial charge in [0, 0.05) is 0 Å². The van der Waals surface area contributed by atoms with Crippen molar-refractivity contribution in [1.82, 2.24) is 0 Å². The van der Waals surface area contributed by atoms with Crippen molar-refractivity contribution in [3.05, 3.63) is 0 Å². The normalized spacial score (nSPS) is 17.6. The summed E-state index contributed by atoms with van der Waals surface area (Å²) in [6.07, 6.45) is 4.04. The molecule has 0 aromatic rings. The second-order valence-corrected chi connectivity index (χ2v) is 4.43. The van der Waals surface area contributed by atoms with Crippen molar-refractivity contribution < 1.29 is 8.78 Å². The van der Waals surface area contributed by atoms with Crippen molar-refractivity contribution >= 4 is 0 Å². The lowest BCUT2D eigenvalue weighted by Gasteiger charge is -2.32. The van der Waals surface area contributed by atoms with E-state index in [2.05, 4.69) is 0 Å². The molecule has 0 aromatic heterocycles. The van der Waals surface area contributed by atoms with E-state index in [1.165, 1.54) is 0 Å². The predicted molar refractivity (Wildman–Crippen MR) is 64.8 cm³/mol. The lowest BCUT2D eigenvalue weighted by Crippen LogP contribution is -2.30. The number of rotatable bonds is 2. The van der Waals surface area contributed by atoms with Crippen LogP contribution in [0.25, 0.3) is 0 Å². The molecular formula is C13H28F2. The minimum Gasteiger partial charge on any atom is -0.245 e. The quantitative estimate of drug-likeness (QED) is 0.582. The highest BCUT2D eigenvalue weighted by molar-refractivity contribution is 4.86. The highest BCUT2D eigenvalue weighted by Crippen LogP contribution is 2.38. The summed E-state index contributed by atoms with van der Waals surface area (Å²) >= 11 is 0. The Morgan fingerprint density at radius 3 is 1.47 bits per heavy atom. The molecule has 1 aliphatic rings. The number of alkyl halides is 2. The van der Waals surface area contributed by atoms with Gasteiger partial charge in [0.1, 0.15) is 11.3 Å². The Labute approximate surface area is 94.5 Å². The summed E-state index contributed by atoms with van der Waals surface area (Å²) in [4.78, 5) is 0.